The molecule has 0 amide bonds. The summed E-state index contributed by atoms with van der Waals surface area (Å²) in [6.07, 6.45) is 12.3. The summed E-state index contributed by atoms with van der Waals surface area (Å²) < 4.78 is 0. The Labute approximate surface area is 106 Å². The summed E-state index contributed by atoms with van der Waals surface area (Å²) in [4.78, 5) is 0. The van der Waals surface area contributed by atoms with Crippen molar-refractivity contribution in [1.29, 1.82) is 0 Å². The van der Waals surface area contributed by atoms with Gasteiger partial charge in [-0.2, -0.15) is 0 Å². The van der Waals surface area contributed by atoms with Crippen molar-refractivity contribution in [2.75, 3.05) is 0 Å². The van der Waals surface area contributed by atoms with E-state index in [9.17, 15) is 0 Å². The first-order valence-corrected chi connectivity index (χ1v) is 7.47. The second kappa shape index (κ2) is 4.12. The molecular weight excluding hydrogens is 206 g/mol. The number of rotatable bonds is 2. The van der Waals surface area contributed by atoms with Gasteiger partial charge in [0.15, 0.2) is 0 Å². The fraction of sp³-hybridized carbons (Fsp3) is 0.875. The van der Waals surface area contributed by atoms with Crippen LogP contribution in [0, 0.1) is 23.2 Å². The lowest BCUT2D eigenvalue weighted by Crippen LogP contribution is -2.31. The second-order valence-corrected chi connectivity index (χ2v) is 7.67. The van der Waals surface area contributed by atoms with Gasteiger partial charge in [0.25, 0.3) is 0 Å². The molecular formula is C16H27N. The second-order valence-electron chi connectivity index (χ2n) is 7.67. The summed E-state index contributed by atoms with van der Waals surface area (Å²) in [6.45, 7) is 4.75. The van der Waals surface area contributed by atoms with Crippen molar-refractivity contribution in [2.45, 2.75) is 64.8 Å². The van der Waals surface area contributed by atoms with E-state index in [1.807, 2.05) is 0 Å². The Morgan fingerprint density at radius 3 is 2.71 bits per heavy atom. The van der Waals surface area contributed by atoms with Crippen molar-refractivity contribution in [3.63, 3.8) is 0 Å². The highest BCUT2D eigenvalue weighted by Crippen LogP contribution is 2.51. The van der Waals surface area contributed by atoms with Crippen LogP contribution < -0.4 is 5.73 Å². The molecule has 2 N–H and O–H groups in total. The summed E-state index contributed by atoms with van der Waals surface area (Å²) in [6, 6.07) is 0.312. The molecule has 0 radical (unpaired) electrons. The summed E-state index contributed by atoms with van der Waals surface area (Å²) in [7, 11) is 0. The van der Waals surface area contributed by atoms with Gasteiger partial charge in [-0.05, 0) is 61.7 Å². The van der Waals surface area contributed by atoms with E-state index in [0.29, 0.717) is 11.5 Å². The Balaban J connectivity index is 1.65. The zero-order chi connectivity index (χ0) is 12.0. The Hall–Kier alpha value is -0.300. The van der Waals surface area contributed by atoms with Crippen LogP contribution >= 0.6 is 0 Å². The lowest BCUT2D eigenvalue weighted by Gasteiger charge is -2.35. The van der Waals surface area contributed by atoms with E-state index in [2.05, 4.69) is 19.9 Å². The molecule has 1 heteroatoms. The maximum absolute atomic E-state index is 6.17. The summed E-state index contributed by atoms with van der Waals surface area (Å²) in [5.41, 5.74) is 8.28. The molecule has 3 aliphatic carbocycles. The van der Waals surface area contributed by atoms with Crippen molar-refractivity contribution < 1.29 is 0 Å². The minimum Gasteiger partial charge on any atom is -0.324 e. The molecule has 17 heavy (non-hydrogen) atoms. The molecule has 3 rings (SSSR count). The number of fused-ring (bicyclic) bond motifs is 2. The zero-order valence-corrected chi connectivity index (χ0v) is 11.4. The van der Waals surface area contributed by atoms with E-state index in [1.54, 1.807) is 5.57 Å². The smallest absolute Gasteiger partial charge is 0.0231 e. The summed E-state index contributed by atoms with van der Waals surface area (Å²) >= 11 is 0. The molecule has 0 aromatic heterocycles. The van der Waals surface area contributed by atoms with Crippen LogP contribution in [0.25, 0.3) is 0 Å². The topological polar surface area (TPSA) is 26.0 Å². The minimum atomic E-state index is 0.312. The highest BCUT2D eigenvalue weighted by molar-refractivity contribution is 5.15. The number of nitrogens with two attached hydrogens (primary N) is 1. The van der Waals surface area contributed by atoms with Gasteiger partial charge < -0.3 is 5.73 Å². The summed E-state index contributed by atoms with van der Waals surface area (Å²) in [5.74, 6) is 3.14. The molecule has 0 aromatic carbocycles. The van der Waals surface area contributed by atoms with E-state index in [0.717, 1.165) is 24.2 Å². The Morgan fingerprint density at radius 2 is 2.12 bits per heavy atom. The standard InChI is InChI=1S/C16H27N/c1-16(2)9-12(8-15(17)10-16)7-14-6-11-3-4-13(14)5-11/h8,11,13-15H,3-7,9-10,17H2,1-2H3. The molecule has 4 unspecified atom stereocenters. The molecule has 0 aliphatic heterocycles. The Bertz CT molecular complexity index is 328. The molecule has 0 heterocycles. The van der Waals surface area contributed by atoms with Gasteiger partial charge in [0.05, 0.1) is 0 Å². The van der Waals surface area contributed by atoms with Gasteiger partial charge in [-0.15, -0.1) is 0 Å². The quantitative estimate of drug-likeness (QED) is 0.720. The maximum Gasteiger partial charge on any atom is 0.0231 e. The molecule has 0 saturated heterocycles. The molecule has 4 atom stereocenters. The van der Waals surface area contributed by atoms with Crippen molar-refractivity contribution in [1.82, 2.24) is 0 Å². The molecule has 3 aliphatic rings. The Kier molecular flexibility index (Phi) is 2.85. The van der Waals surface area contributed by atoms with Crippen LogP contribution in [0.4, 0.5) is 0 Å². The van der Waals surface area contributed by atoms with Crippen molar-refractivity contribution in [2.24, 2.45) is 28.9 Å². The van der Waals surface area contributed by atoms with E-state index >= 15 is 0 Å². The van der Waals surface area contributed by atoms with Crippen LogP contribution in [-0.4, -0.2) is 6.04 Å². The van der Waals surface area contributed by atoms with E-state index in [-0.39, 0.29) is 0 Å². The van der Waals surface area contributed by atoms with Crippen molar-refractivity contribution in [3.8, 4) is 0 Å². The summed E-state index contributed by atoms with van der Waals surface area (Å²) in [5, 5.41) is 0. The largest absolute Gasteiger partial charge is 0.324 e. The SMILES string of the molecule is CC1(C)CC(CC2CC3CCC2C3)=CC(N)C1. The molecule has 2 bridgehead atoms. The first kappa shape index (κ1) is 11.8. The fourth-order valence-corrected chi connectivity index (χ4v) is 4.85. The van der Waals surface area contributed by atoms with E-state index < -0.39 is 0 Å². The van der Waals surface area contributed by atoms with Gasteiger partial charge in [-0.1, -0.05) is 31.9 Å². The highest BCUT2D eigenvalue weighted by Gasteiger charge is 2.40. The lowest BCUT2D eigenvalue weighted by atomic mass is 9.72. The zero-order valence-electron chi connectivity index (χ0n) is 11.4. The van der Waals surface area contributed by atoms with Crippen LogP contribution in [0.15, 0.2) is 11.6 Å². The van der Waals surface area contributed by atoms with E-state index in [4.69, 9.17) is 5.73 Å². The minimum absolute atomic E-state index is 0.312. The Morgan fingerprint density at radius 1 is 1.29 bits per heavy atom. The predicted molar refractivity (Wildman–Crippen MR) is 72.6 cm³/mol. The van der Waals surface area contributed by atoms with Crippen LogP contribution in [0.5, 0.6) is 0 Å². The van der Waals surface area contributed by atoms with Gasteiger partial charge in [0.2, 0.25) is 0 Å². The third-order valence-electron chi connectivity index (χ3n) is 5.35. The van der Waals surface area contributed by atoms with Crippen LogP contribution in [0.2, 0.25) is 0 Å². The molecule has 0 spiro atoms. The van der Waals surface area contributed by atoms with Gasteiger partial charge in [0, 0.05) is 6.04 Å². The average Bonchev–Trinajstić information content (AvgIpc) is 2.74. The van der Waals surface area contributed by atoms with Gasteiger partial charge >= 0.3 is 0 Å². The monoisotopic (exact) mass is 233 g/mol. The van der Waals surface area contributed by atoms with Crippen molar-refractivity contribution >= 4 is 0 Å². The predicted octanol–water partition coefficient (Wildman–Crippen LogP) is 3.89. The van der Waals surface area contributed by atoms with Crippen LogP contribution in [-0.2, 0) is 0 Å². The van der Waals surface area contributed by atoms with Crippen LogP contribution in [0.3, 0.4) is 0 Å². The number of allylic oxidation sites excluding steroid dienone is 1. The maximum atomic E-state index is 6.17. The lowest BCUT2D eigenvalue weighted by molar-refractivity contribution is 0.275. The third kappa shape index (κ3) is 2.45. The molecule has 0 aromatic rings. The highest BCUT2D eigenvalue weighted by atomic mass is 14.6. The van der Waals surface area contributed by atoms with E-state index in [1.165, 1.54) is 38.5 Å². The third-order valence-corrected chi connectivity index (χ3v) is 5.35. The normalized spacial score (nSPS) is 43.8. The van der Waals surface area contributed by atoms with Crippen molar-refractivity contribution in [3.05, 3.63) is 11.6 Å². The van der Waals surface area contributed by atoms with Gasteiger partial charge in [-0.3, -0.25) is 0 Å². The molecule has 1 nitrogen and oxygen atoms in total. The first-order chi connectivity index (χ1) is 8.02. The molecule has 2 saturated carbocycles. The first-order valence-electron chi connectivity index (χ1n) is 7.47. The molecule has 96 valence electrons. The van der Waals surface area contributed by atoms with Gasteiger partial charge in [-0.25, -0.2) is 0 Å². The molecule has 2 fully saturated rings. The fourth-order valence-electron chi connectivity index (χ4n) is 4.85. The number of hydrogen-bond acceptors (Lipinski definition) is 1. The average molecular weight is 233 g/mol. The number of hydrogen-bond donors (Lipinski definition) is 1. The van der Waals surface area contributed by atoms with Crippen LogP contribution in [0.1, 0.15) is 58.8 Å². The van der Waals surface area contributed by atoms with Gasteiger partial charge in [0.1, 0.15) is 0 Å².